The van der Waals surface area contributed by atoms with Crippen molar-refractivity contribution in [3.05, 3.63) is 24.0 Å². The van der Waals surface area contributed by atoms with Crippen molar-refractivity contribution >= 4 is 0 Å². The molecule has 0 aromatic rings. The van der Waals surface area contributed by atoms with Gasteiger partial charge in [-0.15, -0.1) is 0 Å². The quantitative estimate of drug-likeness (QED) is 0.145. The van der Waals surface area contributed by atoms with Gasteiger partial charge in [-0.05, 0) is 31.4 Å². The van der Waals surface area contributed by atoms with E-state index in [1.165, 1.54) is 109 Å². The summed E-state index contributed by atoms with van der Waals surface area (Å²) in [4.78, 5) is 0. The van der Waals surface area contributed by atoms with Gasteiger partial charge < -0.3 is 10.5 Å². The Labute approximate surface area is 233 Å². The van der Waals surface area contributed by atoms with Gasteiger partial charge in [0.15, 0.2) is 0 Å². The van der Waals surface area contributed by atoms with E-state index in [2.05, 4.69) is 32.9 Å². The van der Waals surface area contributed by atoms with Crippen LogP contribution in [0.2, 0.25) is 0 Å². The minimum Gasteiger partial charge on any atom is -0.494 e. The number of hydrogen-bond acceptors (Lipinski definition) is 2. The Morgan fingerprint density at radius 3 is 1.55 bits per heavy atom. The molecule has 0 spiro atoms. The molecule has 2 N–H and O–H groups in total. The molecule has 3 heteroatoms. The zero-order valence-electron chi connectivity index (χ0n) is 23.4. The second kappa shape index (κ2) is 34.5. The van der Waals surface area contributed by atoms with E-state index in [0.717, 1.165) is 25.2 Å². The first-order chi connectivity index (χ1) is 15.7. The number of allylic oxidation sites excluding steroid dienone is 2. The van der Waals surface area contributed by atoms with Crippen molar-refractivity contribution in [2.24, 2.45) is 5.73 Å². The maximum atomic E-state index is 5.92. The van der Waals surface area contributed by atoms with Crippen molar-refractivity contribution in [2.45, 2.75) is 163 Å². The molecule has 33 heavy (non-hydrogen) atoms. The maximum absolute atomic E-state index is 5.92. The molecule has 2 nitrogen and oxygen atoms in total. The van der Waals surface area contributed by atoms with Crippen molar-refractivity contribution in [2.75, 3.05) is 6.61 Å². The summed E-state index contributed by atoms with van der Waals surface area (Å²) in [7, 11) is 0. The molecular formula is C30H61NOU. The third-order valence-electron chi connectivity index (χ3n) is 5.62. The van der Waals surface area contributed by atoms with E-state index in [0.29, 0.717) is 0 Å². The van der Waals surface area contributed by atoms with E-state index in [4.69, 9.17) is 10.5 Å². The van der Waals surface area contributed by atoms with Crippen LogP contribution < -0.4 is 5.73 Å². The molecule has 0 aromatic heterocycles. The zero-order valence-corrected chi connectivity index (χ0v) is 27.6. The molecule has 0 aromatic carbocycles. The fraction of sp³-hybridized carbons (Fsp3) is 0.867. The van der Waals surface area contributed by atoms with Crippen LogP contribution in [0.5, 0.6) is 0 Å². The first kappa shape index (κ1) is 37.8. The molecular weight excluding hydrogens is 628 g/mol. The molecule has 0 fully saturated rings. The molecule has 1 aliphatic carbocycles. The monoisotopic (exact) mass is 690 g/mol. The molecule has 0 aliphatic heterocycles. The zero-order chi connectivity index (χ0) is 24.1. The van der Waals surface area contributed by atoms with Crippen LogP contribution >= 0.6 is 0 Å². The molecule has 0 saturated carbocycles. The topological polar surface area (TPSA) is 35.2 Å². The van der Waals surface area contributed by atoms with E-state index in [1.54, 1.807) is 0 Å². The van der Waals surface area contributed by atoms with Crippen molar-refractivity contribution < 1.29 is 35.9 Å². The fourth-order valence-corrected chi connectivity index (χ4v) is 3.75. The molecule has 0 amide bonds. The second-order valence-corrected chi connectivity index (χ2v) is 9.07. The first-order valence-electron chi connectivity index (χ1n) is 14.5. The Bertz CT molecular complexity index is 395. The summed E-state index contributed by atoms with van der Waals surface area (Å²) in [5.41, 5.74) is 5.92. The van der Waals surface area contributed by atoms with Crippen LogP contribution in [0, 0.1) is 31.1 Å². The summed E-state index contributed by atoms with van der Waals surface area (Å²) in [5, 5.41) is 0. The molecule has 1 rings (SSSR count). The minimum absolute atomic E-state index is 0. The Hall–Kier alpha value is 0.292. The van der Waals surface area contributed by atoms with Crippen LogP contribution in [0.4, 0.5) is 0 Å². The van der Waals surface area contributed by atoms with Crippen LogP contribution in [0.3, 0.4) is 0 Å². The molecule has 1 atom stereocenters. The summed E-state index contributed by atoms with van der Waals surface area (Å²) in [6.45, 7) is 11.4. The van der Waals surface area contributed by atoms with Crippen molar-refractivity contribution in [3.8, 4) is 0 Å². The molecule has 0 radical (unpaired) electrons. The molecule has 196 valence electrons. The van der Waals surface area contributed by atoms with Crippen molar-refractivity contribution in [3.63, 3.8) is 0 Å². The molecule has 0 heterocycles. The largest absolute Gasteiger partial charge is 0.494 e. The molecule has 1 unspecified atom stereocenters. The predicted molar refractivity (Wildman–Crippen MR) is 147 cm³/mol. The normalized spacial score (nSPS) is 14.6. The summed E-state index contributed by atoms with van der Waals surface area (Å²) in [6, 6.07) is 0.192. The average Bonchev–Trinajstić information content (AvgIpc) is 3.02. The van der Waals surface area contributed by atoms with Crippen LogP contribution in [-0.2, 0) is 4.74 Å². The molecule has 1 aliphatic rings. The summed E-state index contributed by atoms with van der Waals surface area (Å²) in [5.74, 6) is 1.02. The van der Waals surface area contributed by atoms with Gasteiger partial charge in [-0.3, -0.25) is 0 Å². The van der Waals surface area contributed by atoms with Gasteiger partial charge in [0, 0.05) is 37.2 Å². The Morgan fingerprint density at radius 2 is 1.12 bits per heavy atom. The standard InChI is InChI=1S/C25H47NO.C3H8.C2H6.U/c1-2-3-4-5-6-7-8-9-10-11-12-13-14-15-16-17-23-27-25-20-18-19-24(26)21-22-25;1-3-2;1-2;/h20-22,24H,2-19,23,26H2,1H3;3H2,1-2H3;1-2H3;. The smallest absolute Gasteiger partial charge is 0.115 e. The molecule has 0 saturated heterocycles. The summed E-state index contributed by atoms with van der Waals surface area (Å²) >= 11 is 0. The third-order valence-corrected chi connectivity index (χ3v) is 5.62. The van der Waals surface area contributed by atoms with E-state index in [-0.39, 0.29) is 37.2 Å². The van der Waals surface area contributed by atoms with Crippen LogP contribution in [-0.4, -0.2) is 12.6 Å². The summed E-state index contributed by atoms with van der Waals surface area (Å²) in [6.07, 6.45) is 32.1. The van der Waals surface area contributed by atoms with Gasteiger partial charge in [0.2, 0.25) is 0 Å². The third kappa shape index (κ3) is 32.3. The number of nitrogens with two attached hydrogens (primary N) is 1. The van der Waals surface area contributed by atoms with Gasteiger partial charge in [-0.1, -0.05) is 143 Å². The second-order valence-electron chi connectivity index (χ2n) is 9.07. The number of rotatable bonds is 18. The van der Waals surface area contributed by atoms with Gasteiger partial charge in [-0.25, -0.2) is 0 Å². The maximum Gasteiger partial charge on any atom is 0.115 e. The Kier molecular flexibility index (Phi) is 39.5. The van der Waals surface area contributed by atoms with Crippen molar-refractivity contribution in [1.82, 2.24) is 0 Å². The Morgan fingerprint density at radius 1 is 0.727 bits per heavy atom. The number of unbranched alkanes of at least 4 members (excludes halogenated alkanes) is 15. The predicted octanol–water partition coefficient (Wildman–Crippen LogP) is 10.3. The number of hydrogen-bond donors (Lipinski definition) is 1. The SMILES string of the molecule is CC.CCC.CCCCCCCCCCCCCCCCCCOC1=CCCC(N)C=C1.[U]. The first-order valence-corrected chi connectivity index (χ1v) is 14.5. The van der Waals surface area contributed by atoms with Gasteiger partial charge in [0.25, 0.3) is 0 Å². The Balaban J connectivity index is -0.00000138. The van der Waals surface area contributed by atoms with Crippen molar-refractivity contribution in [1.29, 1.82) is 0 Å². The van der Waals surface area contributed by atoms with Gasteiger partial charge in [-0.2, -0.15) is 0 Å². The average molecular weight is 690 g/mol. The minimum atomic E-state index is 0. The van der Waals surface area contributed by atoms with Crippen LogP contribution in [0.15, 0.2) is 24.0 Å². The van der Waals surface area contributed by atoms with Crippen LogP contribution in [0.25, 0.3) is 0 Å². The van der Waals surface area contributed by atoms with Crippen LogP contribution in [0.1, 0.15) is 157 Å². The van der Waals surface area contributed by atoms with E-state index >= 15 is 0 Å². The van der Waals surface area contributed by atoms with Gasteiger partial charge >= 0.3 is 0 Å². The molecule has 0 bridgehead atoms. The van der Waals surface area contributed by atoms with Gasteiger partial charge in [0.1, 0.15) is 5.76 Å². The van der Waals surface area contributed by atoms with E-state index < -0.39 is 0 Å². The number of ether oxygens (including phenoxy) is 1. The fourth-order valence-electron chi connectivity index (χ4n) is 3.75. The van der Waals surface area contributed by atoms with Gasteiger partial charge in [0.05, 0.1) is 6.61 Å². The summed E-state index contributed by atoms with van der Waals surface area (Å²) < 4.78 is 5.85. The van der Waals surface area contributed by atoms with E-state index in [1.807, 2.05) is 19.9 Å². The van der Waals surface area contributed by atoms with E-state index in [9.17, 15) is 0 Å².